The summed E-state index contributed by atoms with van der Waals surface area (Å²) in [5, 5.41) is 7.23. The van der Waals surface area contributed by atoms with Gasteiger partial charge in [0.05, 0.1) is 12.5 Å². The monoisotopic (exact) mass is 418 g/mol. The number of anilines is 1. The molecule has 2 aromatic carbocycles. The van der Waals surface area contributed by atoms with Crippen LogP contribution < -0.4 is 5.32 Å². The van der Waals surface area contributed by atoms with E-state index in [2.05, 4.69) is 46.3 Å². The van der Waals surface area contributed by atoms with E-state index >= 15 is 0 Å². The lowest BCUT2D eigenvalue weighted by molar-refractivity contribution is -0.121. The predicted octanol–water partition coefficient (Wildman–Crippen LogP) is 5.02. The second-order valence-corrected chi connectivity index (χ2v) is 8.67. The number of piperidine rings is 1. The van der Waals surface area contributed by atoms with Crippen molar-refractivity contribution in [1.82, 2.24) is 15.0 Å². The number of benzene rings is 2. The van der Waals surface area contributed by atoms with E-state index in [1.165, 1.54) is 5.56 Å². The van der Waals surface area contributed by atoms with E-state index in [4.69, 9.17) is 4.52 Å². The first kappa shape index (κ1) is 21.2. The molecule has 3 aromatic rings. The SMILES string of the molecule is Cc1ccccc1-c1noc(CN2CCCC(C(=O)Nc3ccc(C(C)C)cc3)C2)n1. The Labute approximate surface area is 183 Å². The first-order valence-electron chi connectivity index (χ1n) is 11.0. The second kappa shape index (κ2) is 9.43. The number of likely N-dealkylation sites (tertiary alicyclic amines) is 1. The molecular formula is C25H30N4O2. The first-order chi connectivity index (χ1) is 15.0. The molecule has 6 nitrogen and oxygen atoms in total. The van der Waals surface area contributed by atoms with Gasteiger partial charge in [0.1, 0.15) is 0 Å². The molecule has 162 valence electrons. The number of hydrogen-bond donors (Lipinski definition) is 1. The molecule has 1 aromatic heterocycles. The Morgan fingerprint density at radius 3 is 2.71 bits per heavy atom. The summed E-state index contributed by atoms with van der Waals surface area (Å²) in [4.78, 5) is 19.6. The smallest absolute Gasteiger partial charge is 0.241 e. The highest BCUT2D eigenvalue weighted by atomic mass is 16.5. The number of carbonyl (C=O) groups is 1. The van der Waals surface area contributed by atoms with Crippen molar-refractivity contribution in [1.29, 1.82) is 0 Å². The van der Waals surface area contributed by atoms with Gasteiger partial charge in [0.25, 0.3) is 0 Å². The molecule has 4 rings (SSSR count). The van der Waals surface area contributed by atoms with Gasteiger partial charge < -0.3 is 9.84 Å². The summed E-state index contributed by atoms with van der Waals surface area (Å²) in [7, 11) is 0. The van der Waals surface area contributed by atoms with Crippen LogP contribution in [0, 0.1) is 12.8 Å². The average molecular weight is 419 g/mol. The van der Waals surface area contributed by atoms with Gasteiger partial charge in [-0.15, -0.1) is 0 Å². The van der Waals surface area contributed by atoms with Crippen LogP contribution in [0.15, 0.2) is 53.1 Å². The van der Waals surface area contributed by atoms with Crippen molar-refractivity contribution in [2.24, 2.45) is 5.92 Å². The van der Waals surface area contributed by atoms with Crippen molar-refractivity contribution in [3.05, 3.63) is 65.5 Å². The van der Waals surface area contributed by atoms with Crippen LogP contribution in [0.1, 0.15) is 49.6 Å². The molecule has 1 atom stereocenters. The van der Waals surface area contributed by atoms with Crippen LogP contribution >= 0.6 is 0 Å². The van der Waals surface area contributed by atoms with Gasteiger partial charge in [-0.25, -0.2) is 0 Å². The fourth-order valence-corrected chi connectivity index (χ4v) is 4.05. The number of nitrogens with zero attached hydrogens (tertiary/aromatic N) is 3. The van der Waals surface area contributed by atoms with Gasteiger partial charge >= 0.3 is 0 Å². The molecule has 0 saturated carbocycles. The van der Waals surface area contributed by atoms with Crippen LogP contribution in [0.25, 0.3) is 11.4 Å². The number of carbonyl (C=O) groups excluding carboxylic acids is 1. The maximum atomic E-state index is 12.8. The van der Waals surface area contributed by atoms with E-state index < -0.39 is 0 Å². The molecular weight excluding hydrogens is 388 g/mol. The molecule has 1 amide bonds. The zero-order valence-electron chi connectivity index (χ0n) is 18.5. The van der Waals surface area contributed by atoms with E-state index in [-0.39, 0.29) is 11.8 Å². The van der Waals surface area contributed by atoms with Gasteiger partial charge in [-0.3, -0.25) is 9.69 Å². The Kier molecular flexibility index (Phi) is 6.47. The van der Waals surface area contributed by atoms with E-state index in [1.54, 1.807) is 0 Å². The highest BCUT2D eigenvalue weighted by Crippen LogP contribution is 2.23. The average Bonchev–Trinajstić information content (AvgIpc) is 3.22. The van der Waals surface area contributed by atoms with Crippen molar-refractivity contribution in [2.45, 2.75) is 46.1 Å². The van der Waals surface area contributed by atoms with E-state index in [0.29, 0.717) is 30.7 Å². The zero-order chi connectivity index (χ0) is 21.8. The van der Waals surface area contributed by atoms with Gasteiger partial charge in [-0.2, -0.15) is 4.98 Å². The van der Waals surface area contributed by atoms with Crippen molar-refractivity contribution in [3.63, 3.8) is 0 Å². The minimum atomic E-state index is -0.0442. The summed E-state index contributed by atoms with van der Waals surface area (Å²) in [6, 6.07) is 16.1. The Hall–Kier alpha value is -2.99. The van der Waals surface area contributed by atoms with E-state index in [1.807, 2.05) is 43.3 Å². The molecule has 31 heavy (non-hydrogen) atoms. The summed E-state index contributed by atoms with van der Waals surface area (Å²) < 4.78 is 5.50. The number of aromatic nitrogens is 2. The number of nitrogens with one attached hydrogen (secondary N) is 1. The molecule has 1 unspecified atom stereocenters. The number of hydrogen-bond acceptors (Lipinski definition) is 5. The molecule has 1 fully saturated rings. The Morgan fingerprint density at radius 1 is 1.19 bits per heavy atom. The van der Waals surface area contributed by atoms with Crippen LogP contribution in [-0.4, -0.2) is 34.0 Å². The van der Waals surface area contributed by atoms with Crippen LogP contribution in [0.2, 0.25) is 0 Å². The summed E-state index contributed by atoms with van der Waals surface area (Å²) >= 11 is 0. The van der Waals surface area contributed by atoms with Crippen molar-refractivity contribution in [3.8, 4) is 11.4 Å². The van der Waals surface area contributed by atoms with Crippen molar-refractivity contribution in [2.75, 3.05) is 18.4 Å². The topological polar surface area (TPSA) is 71.3 Å². The van der Waals surface area contributed by atoms with Crippen LogP contribution in [0.4, 0.5) is 5.69 Å². The maximum Gasteiger partial charge on any atom is 0.241 e. The number of aryl methyl sites for hydroxylation is 1. The molecule has 1 saturated heterocycles. The summed E-state index contributed by atoms with van der Waals surface area (Å²) in [6.07, 6.45) is 1.87. The predicted molar refractivity (Wildman–Crippen MR) is 122 cm³/mol. The highest BCUT2D eigenvalue weighted by molar-refractivity contribution is 5.92. The Bertz CT molecular complexity index is 1030. The van der Waals surface area contributed by atoms with Gasteiger partial charge in [0, 0.05) is 17.8 Å². The summed E-state index contributed by atoms with van der Waals surface area (Å²) in [6.45, 7) is 8.55. The number of amides is 1. The molecule has 0 bridgehead atoms. The van der Waals surface area contributed by atoms with E-state index in [9.17, 15) is 4.79 Å². The highest BCUT2D eigenvalue weighted by Gasteiger charge is 2.27. The largest absolute Gasteiger partial charge is 0.338 e. The lowest BCUT2D eigenvalue weighted by atomic mass is 9.97. The molecule has 1 aliphatic rings. The van der Waals surface area contributed by atoms with Gasteiger partial charge in [0.15, 0.2) is 0 Å². The fraction of sp³-hybridized carbons (Fsp3) is 0.400. The molecule has 0 radical (unpaired) electrons. The Morgan fingerprint density at radius 2 is 1.97 bits per heavy atom. The first-order valence-corrected chi connectivity index (χ1v) is 11.0. The minimum Gasteiger partial charge on any atom is -0.338 e. The fourth-order valence-electron chi connectivity index (χ4n) is 4.05. The molecule has 0 aliphatic carbocycles. The molecule has 0 spiro atoms. The van der Waals surface area contributed by atoms with Gasteiger partial charge in [-0.1, -0.05) is 55.4 Å². The molecule has 6 heteroatoms. The molecule has 2 heterocycles. The third-order valence-corrected chi connectivity index (χ3v) is 5.93. The number of rotatable bonds is 6. The molecule has 1 aliphatic heterocycles. The van der Waals surface area contributed by atoms with E-state index in [0.717, 1.165) is 36.2 Å². The minimum absolute atomic E-state index is 0.0442. The van der Waals surface area contributed by atoms with Crippen LogP contribution in [-0.2, 0) is 11.3 Å². The third-order valence-electron chi connectivity index (χ3n) is 5.93. The standard InChI is InChI=1S/C25H30N4O2/c1-17(2)19-10-12-21(13-11-19)26-25(30)20-8-6-14-29(15-20)16-23-27-24(28-31-23)22-9-5-4-7-18(22)3/h4-5,7,9-13,17,20H,6,8,14-16H2,1-3H3,(H,26,30). The van der Waals surface area contributed by atoms with Crippen LogP contribution in [0.3, 0.4) is 0 Å². The normalized spacial score (nSPS) is 17.1. The quantitative estimate of drug-likeness (QED) is 0.609. The van der Waals surface area contributed by atoms with Gasteiger partial charge in [-0.05, 0) is 55.5 Å². The Balaban J connectivity index is 1.35. The zero-order valence-corrected chi connectivity index (χ0v) is 18.5. The summed E-state index contributed by atoms with van der Waals surface area (Å²) in [5.41, 5.74) is 4.22. The molecule has 1 N–H and O–H groups in total. The second-order valence-electron chi connectivity index (χ2n) is 8.67. The van der Waals surface area contributed by atoms with Crippen LogP contribution in [0.5, 0.6) is 0 Å². The van der Waals surface area contributed by atoms with Gasteiger partial charge in [0.2, 0.25) is 17.6 Å². The third kappa shape index (κ3) is 5.20. The summed E-state index contributed by atoms with van der Waals surface area (Å²) in [5.74, 6) is 1.71. The maximum absolute atomic E-state index is 12.8. The van der Waals surface area contributed by atoms with Crippen molar-refractivity contribution >= 4 is 11.6 Å². The lowest BCUT2D eigenvalue weighted by Gasteiger charge is -2.30. The van der Waals surface area contributed by atoms with Crippen molar-refractivity contribution < 1.29 is 9.32 Å². The lowest BCUT2D eigenvalue weighted by Crippen LogP contribution is -2.40.